The summed E-state index contributed by atoms with van der Waals surface area (Å²) < 4.78 is 5.54. The molecule has 0 spiro atoms. The highest BCUT2D eigenvalue weighted by atomic mass is 16.5. The number of ether oxygens (including phenoxy) is 1. The number of aryl methyl sites for hydroxylation is 2. The van der Waals surface area contributed by atoms with Crippen molar-refractivity contribution < 1.29 is 14.3 Å². The number of piperidine rings is 1. The third-order valence-corrected chi connectivity index (χ3v) is 7.97. The van der Waals surface area contributed by atoms with E-state index in [9.17, 15) is 9.59 Å². The molecule has 0 aromatic heterocycles. The van der Waals surface area contributed by atoms with E-state index in [2.05, 4.69) is 42.3 Å². The number of nitrogens with zero attached hydrogens (tertiary/aromatic N) is 2. The smallest absolute Gasteiger partial charge is 0.228 e. The Morgan fingerprint density at radius 3 is 2.61 bits per heavy atom. The van der Waals surface area contributed by atoms with Crippen LogP contribution in [0.2, 0.25) is 0 Å². The predicted octanol–water partition coefficient (Wildman–Crippen LogP) is 2.66. The molecule has 1 N–H and O–H groups in total. The van der Waals surface area contributed by atoms with E-state index in [0.717, 1.165) is 64.1 Å². The second-order valence-electron chi connectivity index (χ2n) is 9.76. The van der Waals surface area contributed by atoms with Gasteiger partial charge in [0.15, 0.2) is 0 Å². The quantitative estimate of drug-likeness (QED) is 0.803. The molecule has 1 saturated carbocycles. The van der Waals surface area contributed by atoms with E-state index in [4.69, 9.17) is 4.74 Å². The Hall–Kier alpha value is -1.92. The highest BCUT2D eigenvalue weighted by Crippen LogP contribution is 2.48. The minimum absolute atomic E-state index is 0.0788. The van der Waals surface area contributed by atoms with Crippen molar-refractivity contribution in [3.63, 3.8) is 0 Å². The molecule has 31 heavy (non-hydrogen) atoms. The topological polar surface area (TPSA) is 61.9 Å². The lowest BCUT2D eigenvalue weighted by atomic mass is 9.61. The predicted molar refractivity (Wildman–Crippen MR) is 121 cm³/mol. The van der Waals surface area contributed by atoms with E-state index < -0.39 is 5.41 Å². The molecular formula is C25H37N3O3. The van der Waals surface area contributed by atoms with Crippen LogP contribution < -0.4 is 5.32 Å². The third-order valence-electron chi connectivity index (χ3n) is 7.97. The number of morpholine rings is 1. The molecule has 0 radical (unpaired) electrons. The molecule has 3 aliphatic rings. The average molecular weight is 428 g/mol. The van der Waals surface area contributed by atoms with Crippen LogP contribution in [0.25, 0.3) is 0 Å². The zero-order valence-electron chi connectivity index (χ0n) is 19.3. The Morgan fingerprint density at radius 2 is 1.90 bits per heavy atom. The second-order valence-corrected chi connectivity index (χ2v) is 9.76. The van der Waals surface area contributed by atoms with Crippen molar-refractivity contribution in [1.29, 1.82) is 0 Å². The first-order valence-electron chi connectivity index (χ1n) is 11.8. The molecule has 2 saturated heterocycles. The number of amides is 2. The van der Waals surface area contributed by atoms with Crippen LogP contribution in [0.15, 0.2) is 18.2 Å². The molecular weight excluding hydrogens is 390 g/mol. The van der Waals surface area contributed by atoms with Crippen LogP contribution in [0.3, 0.4) is 0 Å². The first-order valence-corrected chi connectivity index (χ1v) is 11.8. The molecule has 3 fully saturated rings. The summed E-state index contributed by atoms with van der Waals surface area (Å²) in [6.07, 6.45) is 3.82. The van der Waals surface area contributed by atoms with Gasteiger partial charge in [-0.2, -0.15) is 0 Å². The summed E-state index contributed by atoms with van der Waals surface area (Å²) in [7, 11) is 0. The number of carbonyl (C=O) groups is 2. The number of nitrogens with one attached hydrogen (secondary N) is 1. The van der Waals surface area contributed by atoms with Crippen molar-refractivity contribution in [2.45, 2.75) is 59.0 Å². The van der Waals surface area contributed by atoms with E-state index in [-0.39, 0.29) is 11.8 Å². The Morgan fingerprint density at radius 1 is 1.13 bits per heavy atom. The van der Waals surface area contributed by atoms with Gasteiger partial charge in [-0.15, -0.1) is 0 Å². The molecule has 2 heterocycles. The molecule has 0 unspecified atom stereocenters. The molecule has 0 bridgehead atoms. The van der Waals surface area contributed by atoms with Crippen LogP contribution in [0.1, 0.15) is 49.3 Å². The highest BCUT2D eigenvalue weighted by molar-refractivity contribution is 5.85. The van der Waals surface area contributed by atoms with Crippen molar-refractivity contribution in [1.82, 2.24) is 15.1 Å². The molecule has 170 valence electrons. The van der Waals surface area contributed by atoms with Crippen LogP contribution in [-0.2, 0) is 20.9 Å². The Bertz CT molecular complexity index is 820. The molecule has 4 rings (SSSR count). The largest absolute Gasteiger partial charge is 0.379 e. The van der Waals surface area contributed by atoms with Gasteiger partial charge in [-0.3, -0.25) is 14.5 Å². The normalized spacial score (nSPS) is 29.3. The highest BCUT2D eigenvalue weighted by Gasteiger charge is 2.53. The summed E-state index contributed by atoms with van der Waals surface area (Å²) in [6, 6.07) is 6.89. The van der Waals surface area contributed by atoms with Crippen molar-refractivity contribution in [3.05, 3.63) is 34.9 Å². The average Bonchev–Trinajstić information content (AvgIpc) is 2.79. The maximum atomic E-state index is 13.6. The van der Waals surface area contributed by atoms with Gasteiger partial charge in [0.2, 0.25) is 11.8 Å². The summed E-state index contributed by atoms with van der Waals surface area (Å²) >= 11 is 0. The number of rotatable bonds is 4. The Balaban J connectivity index is 1.49. The van der Waals surface area contributed by atoms with Gasteiger partial charge >= 0.3 is 0 Å². The lowest BCUT2D eigenvalue weighted by Gasteiger charge is -2.53. The molecule has 1 aromatic carbocycles. The standard InChI is InChI=1S/C25H37N3O3/c1-18-4-5-21(14-19(18)2)16-26-24(30)25-8-6-23(27-10-12-31-13-11-27)15-22(25)7-9-28(17-25)20(3)29/h4-5,14,22-23H,6-13,15-17H2,1-3H3,(H,26,30)/t22-,23+,25-/m1/s1. The van der Waals surface area contributed by atoms with Crippen LogP contribution in [-0.4, -0.2) is 67.0 Å². The maximum absolute atomic E-state index is 13.6. The summed E-state index contributed by atoms with van der Waals surface area (Å²) in [5.41, 5.74) is 3.17. The van der Waals surface area contributed by atoms with Gasteiger partial charge < -0.3 is 15.0 Å². The number of fused-ring (bicyclic) bond motifs is 1. The molecule has 2 amide bonds. The first-order chi connectivity index (χ1) is 14.9. The Labute approximate surface area is 186 Å². The minimum atomic E-state index is -0.466. The van der Waals surface area contributed by atoms with Gasteiger partial charge in [0, 0.05) is 45.7 Å². The molecule has 6 nitrogen and oxygen atoms in total. The lowest BCUT2D eigenvalue weighted by Crippen LogP contribution is -2.61. The molecule has 1 aromatic rings. The van der Waals surface area contributed by atoms with E-state index >= 15 is 0 Å². The Kier molecular flexibility index (Phi) is 6.68. The summed E-state index contributed by atoms with van der Waals surface area (Å²) in [4.78, 5) is 30.3. The van der Waals surface area contributed by atoms with Gasteiger partial charge in [-0.1, -0.05) is 18.2 Å². The number of hydrogen-bond donors (Lipinski definition) is 1. The van der Waals surface area contributed by atoms with Gasteiger partial charge in [0.1, 0.15) is 0 Å². The van der Waals surface area contributed by atoms with Crippen LogP contribution >= 0.6 is 0 Å². The van der Waals surface area contributed by atoms with E-state index in [1.54, 1.807) is 6.92 Å². The minimum Gasteiger partial charge on any atom is -0.379 e. The molecule has 3 atom stereocenters. The summed E-state index contributed by atoms with van der Waals surface area (Å²) in [5.74, 6) is 0.529. The van der Waals surface area contributed by atoms with Crippen molar-refractivity contribution in [2.24, 2.45) is 11.3 Å². The van der Waals surface area contributed by atoms with Crippen LogP contribution in [0, 0.1) is 25.2 Å². The number of carbonyl (C=O) groups excluding carboxylic acids is 2. The summed E-state index contributed by atoms with van der Waals surface area (Å²) in [6.45, 7) is 11.3. The fraction of sp³-hybridized carbons (Fsp3) is 0.680. The van der Waals surface area contributed by atoms with Gasteiger partial charge in [-0.05, 0) is 62.1 Å². The second kappa shape index (κ2) is 9.29. The first kappa shape index (κ1) is 22.3. The molecule has 1 aliphatic carbocycles. The van der Waals surface area contributed by atoms with E-state index in [0.29, 0.717) is 25.0 Å². The van der Waals surface area contributed by atoms with Crippen LogP contribution in [0.5, 0.6) is 0 Å². The maximum Gasteiger partial charge on any atom is 0.228 e. The number of likely N-dealkylation sites (tertiary alicyclic amines) is 1. The lowest BCUT2D eigenvalue weighted by molar-refractivity contribution is -0.150. The third kappa shape index (κ3) is 4.65. The number of hydrogen-bond acceptors (Lipinski definition) is 4. The molecule has 6 heteroatoms. The van der Waals surface area contributed by atoms with Gasteiger partial charge in [-0.25, -0.2) is 0 Å². The zero-order chi connectivity index (χ0) is 22.0. The van der Waals surface area contributed by atoms with Crippen molar-refractivity contribution in [3.8, 4) is 0 Å². The van der Waals surface area contributed by atoms with Crippen molar-refractivity contribution >= 4 is 11.8 Å². The SMILES string of the molecule is CC(=O)N1CC[C@@H]2C[C@@H](N3CCOCC3)CC[C@@]2(C(=O)NCc2ccc(C)c(C)c2)C1. The summed E-state index contributed by atoms with van der Waals surface area (Å²) in [5, 5.41) is 3.25. The fourth-order valence-electron chi connectivity index (χ4n) is 5.82. The van der Waals surface area contributed by atoms with E-state index in [1.165, 1.54) is 11.1 Å². The van der Waals surface area contributed by atoms with Crippen LogP contribution in [0.4, 0.5) is 0 Å². The number of benzene rings is 1. The van der Waals surface area contributed by atoms with Gasteiger partial charge in [0.25, 0.3) is 0 Å². The monoisotopic (exact) mass is 427 g/mol. The van der Waals surface area contributed by atoms with E-state index in [1.807, 2.05) is 4.90 Å². The fourth-order valence-corrected chi connectivity index (χ4v) is 5.82. The van der Waals surface area contributed by atoms with Crippen molar-refractivity contribution in [2.75, 3.05) is 39.4 Å². The zero-order valence-corrected chi connectivity index (χ0v) is 19.3. The van der Waals surface area contributed by atoms with Gasteiger partial charge in [0.05, 0.1) is 18.6 Å². The molecule has 2 aliphatic heterocycles.